The van der Waals surface area contributed by atoms with E-state index in [1.807, 2.05) is 31.2 Å². The summed E-state index contributed by atoms with van der Waals surface area (Å²) in [5, 5.41) is 28.2. The first-order chi connectivity index (χ1) is 11.6. The number of hydrogen-bond donors (Lipinski definition) is 1. The maximum atomic E-state index is 11.3. The molecular weight excluding hydrogens is 310 g/mol. The van der Waals surface area contributed by atoms with Crippen LogP contribution in [0.15, 0.2) is 65.7 Å². The van der Waals surface area contributed by atoms with E-state index in [4.69, 9.17) is 0 Å². The van der Waals surface area contributed by atoms with E-state index in [2.05, 4.69) is 5.22 Å². The molecule has 24 heavy (non-hydrogen) atoms. The summed E-state index contributed by atoms with van der Waals surface area (Å²) in [6, 6.07) is 14.4. The molecule has 2 aliphatic rings. The van der Waals surface area contributed by atoms with Gasteiger partial charge in [-0.05, 0) is 31.2 Å². The van der Waals surface area contributed by atoms with Gasteiger partial charge in [0, 0.05) is 0 Å². The summed E-state index contributed by atoms with van der Waals surface area (Å²) in [5.74, 6) is 0. The second-order valence-corrected chi connectivity index (χ2v) is 5.58. The number of rotatable bonds is 2. The Kier molecular flexibility index (Phi) is 3.07. The minimum Gasteiger partial charge on any atom is -0.347 e. The van der Waals surface area contributed by atoms with Crippen LogP contribution in [-0.2, 0) is 0 Å². The van der Waals surface area contributed by atoms with Crippen molar-refractivity contribution in [3.8, 4) is 0 Å². The van der Waals surface area contributed by atoms with Crippen LogP contribution in [0.25, 0.3) is 0 Å². The highest BCUT2D eigenvalue weighted by Gasteiger charge is 2.46. The van der Waals surface area contributed by atoms with Gasteiger partial charge in [0.25, 0.3) is 6.23 Å². The van der Waals surface area contributed by atoms with Crippen molar-refractivity contribution >= 4 is 17.1 Å². The van der Waals surface area contributed by atoms with Gasteiger partial charge in [-0.2, -0.15) is 0 Å². The van der Waals surface area contributed by atoms with Crippen molar-refractivity contribution in [3.63, 3.8) is 0 Å². The van der Waals surface area contributed by atoms with Crippen LogP contribution in [0.1, 0.15) is 5.56 Å². The minimum absolute atomic E-state index is 0.325. The molecule has 2 aromatic rings. The summed E-state index contributed by atoms with van der Waals surface area (Å²) >= 11 is 0. The molecule has 8 heteroatoms. The van der Waals surface area contributed by atoms with E-state index in [0.29, 0.717) is 22.8 Å². The Morgan fingerprint density at radius 1 is 1.21 bits per heavy atom. The summed E-state index contributed by atoms with van der Waals surface area (Å²) in [4.78, 5) is 11.3. The largest absolute Gasteiger partial charge is 0.347 e. The van der Waals surface area contributed by atoms with Gasteiger partial charge in [0.05, 0.1) is 5.22 Å². The van der Waals surface area contributed by atoms with E-state index in [1.54, 1.807) is 24.3 Å². The lowest BCUT2D eigenvalue weighted by molar-refractivity contribution is -0.500. The molecule has 0 aromatic heterocycles. The number of anilines is 2. The van der Waals surface area contributed by atoms with Gasteiger partial charge in [-0.1, -0.05) is 44.5 Å². The van der Waals surface area contributed by atoms with Gasteiger partial charge in [-0.25, -0.2) is 10.1 Å². The lowest BCUT2D eigenvalue weighted by Gasteiger charge is -2.17. The molecular formula is C16H14N5O3+. The van der Waals surface area contributed by atoms with Crippen LogP contribution in [0.4, 0.5) is 17.1 Å². The smallest absolute Gasteiger partial charge is 0.288 e. The maximum absolute atomic E-state index is 11.3. The Morgan fingerprint density at radius 3 is 2.62 bits per heavy atom. The van der Waals surface area contributed by atoms with Crippen molar-refractivity contribution in [2.75, 3.05) is 10.0 Å². The number of aliphatic hydroxyl groups excluding tert-OH is 1. The molecule has 4 rings (SSSR count). The van der Waals surface area contributed by atoms with Crippen LogP contribution < -0.4 is 10.0 Å². The topological polar surface area (TPSA) is 85.2 Å². The van der Waals surface area contributed by atoms with Crippen molar-refractivity contribution in [2.45, 2.75) is 13.2 Å². The van der Waals surface area contributed by atoms with E-state index in [0.717, 1.165) is 10.6 Å². The van der Waals surface area contributed by atoms with Crippen LogP contribution in [0.3, 0.4) is 0 Å². The Bertz CT molecular complexity index is 891. The SMILES string of the molecule is Cc1ccc(N2N=[N+]3C(=CN([N+](=O)[O-])c4ccccc43)C2O)cc1. The fourth-order valence-electron chi connectivity index (χ4n) is 2.80. The predicted molar refractivity (Wildman–Crippen MR) is 86.0 cm³/mol. The van der Waals surface area contributed by atoms with Crippen LogP contribution in [-0.4, -0.2) is 21.1 Å². The van der Waals surface area contributed by atoms with E-state index < -0.39 is 11.3 Å². The van der Waals surface area contributed by atoms with Gasteiger partial charge < -0.3 is 5.11 Å². The molecule has 1 unspecified atom stereocenters. The van der Waals surface area contributed by atoms with Crippen LogP contribution >= 0.6 is 0 Å². The molecule has 8 nitrogen and oxygen atoms in total. The quantitative estimate of drug-likeness (QED) is 0.521. The molecule has 0 aliphatic carbocycles. The average molecular weight is 324 g/mol. The number of hydrogen-bond acceptors (Lipinski definition) is 5. The Balaban J connectivity index is 1.85. The highest BCUT2D eigenvalue weighted by atomic mass is 16.7. The summed E-state index contributed by atoms with van der Waals surface area (Å²) in [7, 11) is 0. The maximum Gasteiger partial charge on any atom is 0.288 e. The Hall–Kier alpha value is -3.26. The molecule has 0 amide bonds. The van der Waals surface area contributed by atoms with Gasteiger partial charge in [-0.15, -0.1) is 0 Å². The number of nitro groups is 1. The molecule has 1 atom stereocenters. The second-order valence-electron chi connectivity index (χ2n) is 5.58. The standard InChI is InChI=1S/C16H14N5O3/c1-11-6-8-12(9-7-11)19-16(22)15-10-18(21(23)24)13-4-2-3-5-14(13)20(15)17-19/h2-10,16,22H,1H3/q+1. The fraction of sp³-hybridized carbons (Fsp3) is 0.125. The van der Waals surface area contributed by atoms with Crippen molar-refractivity contribution < 1.29 is 14.8 Å². The minimum atomic E-state index is -1.11. The molecule has 0 fully saturated rings. The molecule has 0 radical (unpaired) electrons. The fourth-order valence-corrected chi connectivity index (χ4v) is 2.80. The van der Waals surface area contributed by atoms with E-state index in [1.165, 1.54) is 15.9 Å². The summed E-state index contributed by atoms with van der Waals surface area (Å²) in [6.07, 6.45) is 0.188. The molecule has 120 valence electrons. The molecule has 2 aromatic carbocycles. The number of hydrazine groups is 1. The third-order valence-corrected chi connectivity index (χ3v) is 4.01. The molecule has 2 aliphatic heterocycles. The zero-order valence-corrected chi connectivity index (χ0v) is 12.8. The predicted octanol–water partition coefficient (Wildman–Crippen LogP) is 2.70. The highest BCUT2D eigenvalue weighted by Crippen LogP contribution is 2.40. The molecule has 0 spiro atoms. The van der Waals surface area contributed by atoms with E-state index >= 15 is 0 Å². The van der Waals surface area contributed by atoms with Crippen LogP contribution in [0.5, 0.6) is 0 Å². The van der Waals surface area contributed by atoms with Gasteiger partial charge in [0.15, 0.2) is 22.1 Å². The number of aliphatic hydroxyl groups is 1. The van der Waals surface area contributed by atoms with Gasteiger partial charge in [0.2, 0.25) is 5.70 Å². The number of aryl methyl sites for hydroxylation is 1. The first-order valence-corrected chi connectivity index (χ1v) is 7.36. The highest BCUT2D eigenvalue weighted by molar-refractivity contribution is 5.65. The van der Waals surface area contributed by atoms with Crippen molar-refractivity contribution in [3.05, 3.63) is 76.1 Å². The first-order valence-electron chi connectivity index (χ1n) is 7.36. The van der Waals surface area contributed by atoms with Crippen molar-refractivity contribution in [1.82, 2.24) is 0 Å². The summed E-state index contributed by atoms with van der Waals surface area (Å²) in [6.45, 7) is 1.97. The Labute approximate surface area is 137 Å². The number of para-hydroxylation sites is 2. The molecule has 1 N–H and O–H groups in total. The van der Waals surface area contributed by atoms with Crippen molar-refractivity contribution in [1.29, 1.82) is 0 Å². The number of fused-ring (bicyclic) bond motifs is 3. The van der Waals surface area contributed by atoms with E-state index in [-0.39, 0.29) is 0 Å². The zero-order chi connectivity index (χ0) is 16.8. The monoisotopic (exact) mass is 324 g/mol. The molecule has 2 heterocycles. The van der Waals surface area contributed by atoms with Gasteiger partial charge in [0.1, 0.15) is 6.20 Å². The molecule has 0 bridgehead atoms. The lowest BCUT2D eigenvalue weighted by Crippen LogP contribution is -2.33. The molecule has 0 saturated heterocycles. The lowest BCUT2D eigenvalue weighted by atomic mass is 10.2. The molecule has 0 saturated carbocycles. The second kappa shape index (κ2) is 5.14. The van der Waals surface area contributed by atoms with Crippen molar-refractivity contribution in [2.24, 2.45) is 5.22 Å². The summed E-state index contributed by atoms with van der Waals surface area (Å²) < 4.78 is 1.53. The first kappa shape index (κ1) is 14.3. The van der Waals surface area contributed by atoms with Crippen LogP contribution in [0.2, 0.25) is 0 Å². The summed E-state index contributed by atoms with van der Waals surface area (Å²) in [5.41, 5.74) is 3.06. The van der Waals surface area contributed by atoms with Gasteiger partial charge in [-0.3, -0.25) is 0 Å². The van der Waals surface area contributed by atoms with Crippen LogP contribution in [0, 0.1) is 17.0 Å². The zero-order valence-electron chi connectivity index (χ0n) is 12.8. The van der Waals surface area contributed by atoms with Gasteiger partial charge >= 0.3 is 0 Å². The van der Waals surface area contributed by atoms with E-state index in [9.17, 15) is 15.2 Å². The third kappa shape index (κ3) is 2.04. The third-order valence-electron chi connectivity index (χ3n) is 4.01. The number of nitrogens with zero attached hydrogens (tertiary/aromatic N) is 5. The Morgan fingerprint density at radius 2 is 1.92 bits per heavy atom. The normalized spacial score (nSPS) is 18.7. The number of benzene rings is 2. The average Bonchev–Trinajstić information content (AvgIpc) is 2.92.